The smallest absolute Gasteiger partial charge is 0.255 e. The van der Waals surface area contributed by atoms with Crippen LogP contribution in [0.4, 0.5) is 0 Å². The van der Waals surface area contributed by atoms with Gasteiger partial charge in [0.2, 0.25) is 0 Å². The SMILES string of the molecule is O=C1CCN(C(=O)c2cc(Br)ccc2Cl)CC1. The predicted molar refractivity (Wildman–Crippen MR) is 69.3 cm³/mol. The van der Waals surface area contributed by atoms with Crippen molar-refractivity contribution in [2.24, 2.45) is 0 Å². The van der Waals surface area contributed by atoms with Crippen LogP contribution in [0.15, 0.2) is 22.7 Å². The Morgan fingerprint density at radius 2 is 1.94 bits per heavy atom. The van der Waals surface area contributed by atoms with Crippen molar-refractivity contribution in [3.8, 4) is 0 Å². The summed E-state index contributed by atoms with van der Waals surface area (Å²) in [6, 6.07) is 5.19. The Kier molecular flexibility index (Phi) is 3.84. The summed E-state index contributed by atoms with van der Waals surface area (Å²) in [5.74, 6) is 0.109. The molecule has 3 nitrogen and oxygen atoms in total. The number of carbonyl (C=O) groups is 2. The number of benzene rings is 1. The largest absolute Gasteiger partial charge is 0.338 e. The lowest BCUT2D eigenvalue weighted by atomic mass is 10.1. The summed E-state index contributed by atoms with van der Waals surface area (Å²) in [4.78, 5) is 25.0. The van der Waals surface area contributed by atoms with E-state index in [1.54, 1.807) is 23.1 Å². The molecule has 17 heavy (non-hydrogen) atoms. The molecule has 1 aromatic rings. The molecule has 2 rings (SSSR count). The highest BCUT2D eigenvalue weighted by Crippen LogP contribution is 2.23. The van der Waals surface area contributed by atoms with Crippen molar-refractivity contribution in [3.63, 3.8) is 0 Å². The Morgan fingerprint density at radius 1 is 1.29 bits per heavy atom. The van der Waals surface area contributed by atoms with Gasteiger partial charge >= 0.3 is 0 Å². The molecule has 1 fully saturated rings. The first-order chi connectivity index (χ1) is 8.08. The van der Waals surface area contributed by atoms with Crippen LogP contribution in [0.25, 0.3) is 0 Å². The van der Waals surface area contributed by atoms with Crippen molar-refractivity contribution in [1.29, 1.82) is 0 Å². The van der Waals surface area contributed by atoms with Crippen LogP contribution < -0.4 is 0 Å². The number of piperidine rings is 1. The third-order valence-electron chi connectivity index (χ3n) is 2.77. The standard InChI is InChI=1S/C12H11BrClNO2/c13-8-1-2-11(14)10(7-8)12(17)15-5-3-9(16)4-6-15/h1-2,7H,3-6H2. The number of Topliss-reactive ketones (excluding diaryl/α,β-unsaturated/α-hetero) is 1. The Bertz CT molecular complexity index is 466. The van der Waals surface area contributed by atoms with E-state index in [1.807, 2.05) is 0 Å². The summed E-state index contributed by atoms with van der Waals surface area (Å²) in [6.07, 6.45) is 0.884. The molecule has 0 aliphatic carbocycles. The third-order valence-corrected chi connectivity index (χ3v) is 3.59. The van der Waals surface area contributed by atoms with Crippen molar-refractivity contribution in [3.05, 3.63) is 33.3 Å². The monoisotopic (exact) mass is 315 g/mol. The van der Waals surface area contributed by atoms with Gasteiger partial charge in [0.1, 0.15) is 5.78 Å². The topological polar surface area (TPSA) is 37.4 Å². The first-order valence-corrected chi connectivity index (χ1v) is 6.51. The molecule has 0 atom stereocenters. The minimum absolute atomic E-state index is 0.108. The van der Waals surface area contributed by atoms with Crippen LogP contribution in [0.2, 0.25) is 5.02 Å². The molecule has 0 saturated carbocycles. The van der Waals surface area contributed by atoms with Crippen LogP contribution in [0, 0.1) is 0 Å². The molecule has 1 aliphatic rings. The fourth-order valence-electron chi connectivity index (χ4n) is 1.79. The minimum atomic E-state index is -0.108. The Morgan fingerprint density at radius 3 is 2.59 bits per heavy atom. The Balaban J connectivity index is 2.19. The molecule has 0 radical (unpaired) electrons. The minimum Gasteiger partial charge on any atom is -0.338 e. The second kappa shape index (κ2) is 5.19. The number of halogens is 2. The summed E-state index contributed by atoms with van der Waals surface area (Å²) in [7, 11) is 0. The zero-order valence-corrected chi connectivity index (χ0v) is 11.4. The van der Waals surface area contributed by atoms with Crippen molar-refractivity contribution in [2.75, 3.05) is 13.1 Å². The number of rotatable bonds is 1. The average Bonchev–Trinajstić information content (AvgIpc) is 2.32. The van der Waals surface area contributed by atoms with Gasteiger partial charge in [0.25, 0.3) is 5.91 Å². The van der Waals surface area contributed by atoms with E-state index in [0.29, 0.717) is 36.5 Å². The summed E-state index contributed by atoms with van der Waals surface area (Å²) < 4.78 is 0.818. The fraction of sp³-hybridized carbons (Fsp3) is 0.333. The van der Waals surface area contributed by atoms with E-state index in [0.717, 1.165) is 4.47 Å². The number of nitrogens with zero attached hydrogens (tertiary/aromatic N) is 1. The van der Waals surface area contributed by atoms with Gasteiger partial charge in [-0.05, 0) is 18.2 Å². The van der Waals surface area contributed by atoms with Crippen molar-refractivity contribution >= 4 is 39.2 Å². The molecule has 1 amide bonds. The Hall–Kier alpha value is -0.870. The lowest BCUT2D eigenvalue weighted by Gasteiger charge is -2.26. The predicted octanol–water partition coefficient (Wildman–Crippen LogP) is 2.91. The highest BCUT2D eigenvalue weighted by atomic mass is 79.9. The normalized spacial score (nSPS) is 16.1. The van der Waals surface area contributed by atoms with Gasteiger partial charge in [0, 0.05) is 30.4 Å². The van der Waals surface area contributed by atoms with E-state index in [-0.39, 0.29) is 11.7 Å². The molecule has 1 aliphatic heterocycles. The molecule has 90 valence electrons. The van der Waals surface area contributed by atoms with Crippen LogP contribution in [0.3, 0.4) is 0 Å². The van der Waals surface area contributed by atoms with Crippen LogP contribution >= 0.6 is 27.5 Å². The van der Waals surface area contributed by atoms with Crippen LogP contribution in [-0.2, 0) is 4.79 Å². The summed E-state index contributed by atoms with van der Waals surface area (Å²) in [5.41, 5.74) is 0.482. The van der Waals surface area contributed by atoms with Crippen molar-refractivity contribution in [2.45, 2.75) is 12.8 Å². The molecule has 0 spiro atoms. The van der Waals surface area contributed by atoms with Gasteiger partial charge in [-0.2, -0.15) is 0 Å². The second-order valence-corrected chi connectivity index (χ2v) is 5.28. The van der Waals surface area contributed by atoms with E-state index in [9.17, 15) is 9.59 Å². The maximum atomic E-state index is 12.2. The van der Waals surface area contributed by atoms with Crippen LogP contribution in [0.1, 0.15) is 23.2 Å². The molecule has 5 heteroatoms. The van der Waals surface area contributed by atoms with Crippen molar-refractivity contribution in [1.82, 2.24) is 4.90 Å². The number of likely N-dealkylation sites (tertiary alicyclic amines) is 1. The fourth-order valence-corrected chi connectivity index (χ4v) is 2.35. The maximum Gasteiger partial charge on any atom is 0.255 e. The molecule has 0 N–H and O–H groups in total. The number of ketones is 1. The number of hydrogen-bond acceptors (Lipinski definition) is 2. The van der Waals surface area contributed by atoms with Gasteiger partial charge in [-0.1, -0.05) is 27.5 Å². The van der Waals surface area contributed by atoms with Gasteiger partial charge in [0.15, 0.2) is 0 Å². The van der Waals surface area contributed by atoms with Crippen molar-refractivity contribution < 1.29 is 9.59 Å². The highest BCUT2D eigenvalue weighted by molar-refractivity contribution is 9.10. The number of hydrogen-bond donors (Lipinski definition) is 0. The number of carbonyl (C=O) groups excluding carboxylic acids is 2. The highest BCUT2D eigenvalue weighted by Gasteiger charge is 2.23. The van der Waals surface area contributed by atoms with E-state index in [2.05, 4.69) is 15.9 Å². The lowest BCUT2D eigenvalue weighted by Crippen LogP contribution is -2.38. The molecule has 0 bridgehead atoms. The van der Waals surface area contributed by atoms with E-state index < -0.39 is 0 Å². The molecular weight excluding hydrogens is 305 g/mol. The second-order valence-electron chi connectivity index (χ2n) is 3.96. The molecule has 0 unspecified atom stereocenters. The Labute approximate surface area is 113 Å². The van der Waals surface area contributed by atoms with Crippen LogP contribution in [-0.4, -0.2) is 29.7 Å². The van der Waals surface area contributed by atoms with Gasteiger partial charge in [-0.3, -0.25) is 9.59 Å². The first-order valence-electron chi connectivity index (χ1n) is 5.34. The summed E-state index contributed by atoms with van der Waals surface area (Å²) >= 11 is 9.32. The quantitative estimate of drug-likeness (QED) is 0.799. The van der Waals surface area contributed by atoms with E-state index in [1.165, 1.54) is 0 Å². The van der Waals surface area contributed by atoms with Gasteiger partial charge < -0.3 is 4.90 Å². The zero-order chi connectivity index (χ0) is 12.4. The first kappa shape index (κ1) is 12.6. The summed E-state index contributed by atoms with van der Waals surface area (Å²) in [6.45, 7) is 0.973. The van der Waals surface area contributed by atoms with E-state index in [4.69, 9.17) is 11.6 Å². The third kappa shape index (κ3) is 2.87. The van der Waals surface area contributed by atoms with Crippen LogP contribution in [0.5, 0.6) is 0 Å². The molecule has 1 aromatic carbocycles. The maximum absolute atomic E-state index is 12.2. The van der Waals surface area contributed by atoms with Gasteiger partial charge in [-0.15, -0.1) is 0 Å². The summed E-state index contributed by atoms with van der Waals surface area (Å²) in [5, 5.41) is 0.440. The zero-order valence-electron chi connectivity index (χ0n) is 9.08. The van der Waals surface area contributed by atoms with Gasteiger partial charge in [0.05, 0.1) is 10.6 Å². The molecule has 1 saturated heterocycles. The lowest BCUT2D eigenvalue weighted by molar-refractivity contribution is -0.120. The average molecular weight is 317 g/mol. The molecule has 1 heterocycles. The number of amides is 1. The molecule has 0 aromatic heterocycles. The van der Waals surface area contributed by atoms with E-state index >= 15 is 0 Å². The molecular formula is C12H11BrClNO2. The van der Waals surface area contributed by atoms with Gasteiger partial charge in [-0.25, -0.2) is 0 Å².